The van der Waals surface area contributed by atoms with Gasteiger partial charge in [0.15, 0.2) is 24.1 Å². The average molecular weight is 415 g/mol. The van der Waals surface area contributed by atoms with Gasteiger partial charge in [0.25, 0.3) is 11.8 Å². The number of imide groups is 1. The van der Waals surface area contributed by atoms with Gasteiger partial charge in [-0.1, -0.05) is 19.8 Å². The molecule has 1 aliphatic heterocycles. The number of ether oxygens (including phenoxy) is 1. The maximum atomic E-state index is 13.5. The van der Waals surface area contributed by atoms with Gasteiger partial charge < -0.3 is 15.4 Å². The third kappa shape index (κ3) is 5.04. The zero-order valence-electron chi connectivity index (χ0n) is 15.8. The van der Waals surface area contributed by atoms with E-state index in [1.54, 1.807) is 6.92 Å². The first-order valence-corrected chi connectivity index (χ1v) is 8.82. The average Bonchev–Trinajstić information content (AvgIpc) is 2.88. The van der Waals surface area contributed by atoms with Crippen molar-refractivity contribution >= 4 is 29.5 Å². The van der Waals surface area contributed by atoms with Crippen molar-refractivity contribution in [1.29, 1.82) is 0 Å². The Bertz CT molecular complexity index is 848. The van der Waals surface area contributed by atoms with Crippen molar-refractivity contribution in [2.24, 2.45) is 0 Å². The Hall–Kier alpha value is -3.11. The number of benzene rings is 1. The standard InChI is InChI=1S/C18H20F3N3O5/c1-3-4-7-18(2)16(27)24(17(28)23-18)8-13(26)29-9-12(25)22-11-6-5-10(19)14(20)15(11)21/h5-6H,3-4,7-9H2,1-2H3,(H,22,25)(H,23,28)/t18-/m1/s1. The Balaban J connectivity index is 1.88. The van der Waals surface area contributed by atoms with Crippen LogP contribution in [0.15, 0.2) is 12.1 Å². The molecule has 1 aromatic carbocycles. The van der Waals surface area contributed by atoms with Crippen LogP contribution in [0.1, 0.15) is 33.1 Å². The van der Waals surface area contributed by atoms with Crippen molar-refractivity contribution < 1.29 is 37.1 Å². The largest absolute Gasteiger partial charge is 0.454 e. The topological polar surface area (TPSA) is 105 Å². The Morgan fingerprint density at radius 2 is 1.90 bits per heavy atom. The highest BCUT2D eigenvalue weighted by Crippen LogP contribution is 2.23. The molecule has 0 unspecified atom stereocenters. The lowest BCUT2D eigenvalue weighted by atomic mass is 9.95. The zero-order chi connectivity index (χ0) is 21.8. The van der Waals surface area contributed by atoms with Gasteiger partial charge in [0, 0.05) is 0 Å². The summed E-state index contributed by atoms with van der Waals surface area (Å²) in [5.41, 5.74) is -1.75. The molecule has 11 heteroatoms. The predicted octanol–water partition coefficient (Wildman–Crippen LogP) is 2.09. The van der Waals surface area contributed by atoms with Crippen LogP contribution in [0.3, 0.4) is 0 Å². The van der Waals surface area contributed by atoms with E-state index in [2.05, 4.69) is 10.1 Å². The van der Waals surface area contributed by atoms with E-state index in [0.29, 0.717) is 23.8 Å². The quantitative estimate of drug-likeness (QED) is 0.384. The molecule has 1 heterocycles. The van der Waals surface area contributed by atoms with Gasteiger partial charge in [0.05, 0.1) is 5.69 Å². The molecule has 0 spiro atoms. The molecule has 1 saturated heterocycles. The number of anilines is 1. The summed E-state index contributed by atoms with van der Waals surface area (Å²) in [7, 11) is 0. The van der Waals surface area contributed by atoms with E-state index in [1.807, 2.05) is 12.2 Å². The summed E-state index contributed by atoms with van der Waals surface area (Å²) in [6, 6.07) is 0.671. The molecule has 1 fully saturated rings. The van der Waals surface area contributed by atoms with Crippen molar-refractivity contribution in [3.63, 3.8) is 0 Å². The van der Waals surface area contributed by atoms with Crippen LogP contribution in [-0.4, -0.2) is 47.4 Å². The first-order chi connectivity index (χ1) is 13.6. The number of carbonyl (C=O) groups excluding carboxylic acids is 4. The minimum absolute atomic E-state index is 0.405. The molecule has 158 valence electrons. The summed E-state index contributed by atoms with van der Waals surface area (Å²) in [5.74, 6) is -7.44. The van der Waals surface area contributed by atoms with Crippen LogP contribution in [0.25, 0.3) is 0 Å². The van der Waals surface area contributed by atoms with Gasteiger partial charge in [0.1, 0.15) is 12.1 Å². The van der Waals surface area contributed by atoms with Crippen LogP contribution in [0.5, 0.6) is 0 Å². The predicted molar refractivity (Wildman–Crippen MR) is 94.1 cm³/mol. The van der Waals surface area contributed by atoms with Gasteiger partial charge in [-0.3, -0.25) is 19.3 Å². The fourth-order valence-electron chi connectivity index (χ4n) is 2.72. The van der Waals surface area contributed by atoms with E-state index >= 15 is 0 Å². The fraction of sp³-hybridized carbons (Fsp3) is 0.444. The lowest BCUT2D eigenvalue weighted by Crippen LogP contribution is -2.44. The minimum atomic E-state index is -1.76. The molecular formula is C18H20F3N3O5. The highest BCUT2D eigenvalue weighted by molar-refractivity contribution is 6.08. The number of carbonyl (C=O) groups is 4. The van der Waals surface area contributed by atoms with E-state index in [1.165, 1.54) is 0 Å². The second kappa shape index (κ2) is 8.93. The van der Waals surface area contributed by atoms with E-state index in [4.69, 9.17) is 0 Å². The number of halogens is 3. The lowest BCUT2D eigenvalue weighted by Gasteiger charge is -2.21. The molecule has 1 aliphatic rings. The molecule has 0 bridgehead atoms. The molecule has 0 radical (unpaired) electrons. The van der Waals surface area contributed by atoms with Gasteiger partial charge in [-0.25, -0.2) is 18.0 Å². The number of amides is 4. The molecule has 0 aromatic heterocycles. The van der Waals surface area contributed by atoms with Gasteiger partial charge in [-0.2, -0.15) is 0 Å². The maximum Gasteiger partial charge on any atom is 0.326 e. The van der Waals surface area contributed by atoms with E-state index in [0.717, 1.165) is 12.5 Å². The summed E-state index contributed by atoms with van der Waals surface area (Å²) in [6.45, 7) is 1.89. The van der Waals surface area contributed by atoms with Crippen molar-refractivity contribution in [1.82, 2.24) is 10.2 Å². The summed E-state index contributed by atoms with van der Waals surface area (Å²) >= 11 is 0. The fourth-order valence-corrected chi connectivity index (χ4v) is 2.72. The molecule has 0 saturated carbocycles. The lowest BCUT2D eigenvalue weighted by molar-refractivity contribution is -0.150. The summed E-state index contributed by atoms with van der Waals surface area (Å²) in [4.78, 5) is 48.7. The van der Waals surface area contributed by atoms with Crippen LogP contribution in [-0.2, 0) is 19.1 Å². The maximum absolute atomic E-state index is 13.5. The first kappa shape index (κ1) is 22.2. The summed E-state index contributed by atoms with van der Waals surface area (Å²) < 4.78 is 44.2. The molecule has 4 amide bonds. The summed E-state index contributed by atoms with van der Waals surface area (Å²) in [5, 5.41) is 4.45. The van der Waals surface area contributed by atoms with Crippen LogP contribution < -0.4 is 10.6 Å². The minimum Gasteiger partial charge on any atom is -0.454 e. The van der Waals surface area contributed by atoms with Crippen LogP contribution in [0, 0.1) is 17.5 Å². The zero-order valence-corrected chi connectivity index (χ0v) is 15.8. The molecule has 2 rings (SSSR count). The normalized spacial score (nSPS) is 18.6. The first-order valence-electron chi connectivity index (χ1n) is 8.82. The van der Waals surface area contributed by atoms with Gasteiger partial charge in [-0.05, 0) is 25.5 Å². The monoisotopic (exact) mass is 415 g/mol. The highest BCUT2D eigenvalue weighted by atomic mass is 19.2. The molecule has 29 heavy (non-hydrogen) atoms. The van der Waals surface area contributed by atoms with Crippen molar-refractivity contribution in [3.8, 4) is 0 Å². The van der Waals surface area contributed by atoms with Crippen molar-refractivity contribution in [2.75, 3.05) is 18.5 Å². The number of hydrogen-bond donors (Lipinski definition) is 2. The van der Waals surface area contributed by atoms with Gasteiger partial charge in [-0.15, -0.1) is 0 Å². The van der Waals surface area contributed by atoms with Crippen LogP contribution in [0.4, 0.5) is 23.7 Å². The van der Waals surface area contributed by atoms with Crippen molar-refractivity contribution in [2.45, 2.75) is 38.6 Å². The van der Waals surface area contributed by atoms with Gasteiger partial charge in [0.2, 0.25) is 0 Å². The number of nitrogens with one attached hydrogen (secondary N) is 2. The third-order valence-corrected chi connectivity index (χ3v) is 4.34. The number of urea groups is 1. The second-order valence-corrected chi connectivity index (χ2v) is 6.69. The van der Waals surface area contributed by atoms with Crippen molar-refractivity contribution in [3.05, 3.63) is 29.6 Å². The molecule has 8 nitrogen and oxygen atoms in total. The van der Waals surface area contributed by atoms with Crippen LogP contribution in [0.2, 0.25) is 0 Å². The summed E-state index contributed by atoms with van der Waals surface area (Å²) in [6.07, 6.45) is 1.91. The number of nitrogens with zero attached hydrogens (tertiary/aromatic N) is 1. The Morgan fingerprint density at radius 3 is 2.55 bits per heavy atom. The second-order valence-electron chi connectivity index (χ2n) is 6.69. The Kier molecular flexibility index (Phi) is 6.83. The Labute approximate surface area is 164 Å². The molecule has 1 atom stereocenters. The Morgan fingerprint density at radius 1 is 1.21 bits per heavy atom. The molecule has 0 aliphatic carbocycles. The molecular weight excluding hydrogens is 395 g/mol. The van der Waals surface area contributed by atoms with Gasteiger partial charge >= 0.3 is 12.0 Å². The number of esters is 1. The smallest absolute Gasteiger partial charge is 0.326 e. The number of unbranched alkanes of at least 4 members (excludes halogenated alkanes) is 1. The van der Waals surface area contributed by atoms with E-state index < -0.39 is 65.6 Å². The van der Waals surface area contributed by atoms with E-state index in [9.17, 15) is 32.3 Å². The number of hydrogen-bond acceptors (Lipinski definition) is 5. The van der Waals surface area contributed by atoms with E-state index in [-0.39, 0.29) is 0 Å². The molecule has 2 N–H and O–H groups in total. The van der Waals surface area contributed by atoms with Crippen LogP contribution >= 0.6 is 0 Å². The molecule has 1 aromatic rings. The SMILES string of the molecule is CCCC[C@@]1(C)NC(=O)N(CC(=O)OCC(=O)Nc2ccc(F)c(F)c2F)C1=O. The number of rotatable bonds is 8. The third-order valence-electron chi connectivity index (χ3n) is 4.34. The highest BCUT2D eigenvalue weighted by Gasteiger charge is 2.47.